The molecule has 0 unspecified atom stereocenters. The Morgan fingerprint density at radius 1 is 0.846 bits per heavy atom. The molecule has 0 fully saturated rings. The van der Waals surface area contributed by atoms with Crippen molar-refractivity contribution >= 4 is 11.8 Å². The summed E-state index contributed by atoms with van der Waals surface area (Å²) in [7, 11) is 0. The highest BCUT2D eigenvalue weighted by Gasteiger charge is 2.31. The molecule has 3 rings (SSSR count). The number of aromatic carboxylic acids is 1. The average molecular weight is 358 g/mol. The number of benzene rings is 1. The molecule has 2 aliphatic carbocycles. The van der Waals surface area contributed by atoms with Crippen molar-refractivity contribution in [3.63, 3.8) is 0 Å². The van der Waals surface area contributed by atoms with Gasteiger partial charge in [0.2, 0.25) is 0 Å². The molecule has 0 bridgehead atoms. The molecule has 26 heavy (non-hydrogen) atoms. The molecular weight excluding hydrogens is 345 g/mol. The lowest BCUT2D eigenvalue weighted by Gasteiger charge is -2.08. The lowest BCUT2D eigenvalue weighted by molar-refractivity contribution is -0.137. The molecule has 1 aromatic carbocycles. The molecule has 0 spiro atoms. The molecular formula is C20H13F3O3. The number of hydrogen-bond acceptors (Lipinski definition) is 2. The number of hydrogen-bond donors (Lipinski definition) is 1. The van der Waals surface area contributed by atoms with Gasteiger partial charge in [-0.25, -0.2) is 4.79 Å². The monoisotopic (exact) mass is 358 g/mol. The Labute approximate surface area is 147 Å². The van der Waals surface area contributed by atoms with E-state index in [1.54, 1.807) is 30.3 Å². The van der Waals surface area contributed by atoms with Gasteiger partial charge in [0.05, 0.1) is 11.1 Å². The largest absolute Gasteiger partial charge is 0.478 e. The zero-order chi connectivity index (χ0) is 19.1. The fourth-order valence-corrected chi connectivity index (χ4v) is 3.04. The maximum atomic E-state index is 12.9. The second-order valence-electron chi connectivity index (χ2n) is 5.82. The molecule has 2 aliphatic rings. The van der Waals surface area contributed by atoms with Crippen molar-refractivity contribution in [1.82, 2.24) is 0 Å². The first-order valence-electron chi connectivity index (χ1n) is 7.68. The first-order chi connectivity index (χ1) is 12.2. The van der Waals surface area contributed by atoms with E-state index in [1.165, 1.54) is 6.92 Å². The molecule has 0 radical (unpaired) electrons. The van der Waals surface area contributed by atoms with Gasteiger partial charge in [-0.3, -0.25) is 4.79 Å². The van der Waals surface area contributed by atoms with Crippen LogP contribution in [0.2, 0.25) is 0 Å². The number of ketones is 1. The van der Waals surface area contributed by atoms with Gasteiger partial charge >= 0.3 is 12.1 Å². The minimum Gasteiger partial charge on any atom is -0.478 e. The fraction of sp³-hybridized carbons (Fsp3) is 0.100. The maximum Gasteiger partial charge on any atom is 0.416 e. The van der Waals surface area contributed by atoms with Gasteiger partial charge in [0.15, 0.2) is 5.78 Å². The van der Waals surface area contributed by atoms with Crippen molar-refractivity contribution in [1.29, 1.82) is 0 Å². The number of carboxylic acid groups (broad SMARTS) is 1. The Morgan fingerprint density at radius 2 is 1.38 bits per heavy atom. The van der Waals surface area contributed by atoms with Crippen LogP contribution in [-0.2, 0) is 6.18 Å². The lowest BCUT2D eigenvalue weighted by Crippen LogP contribution is -2.07. The fourth-order valence-electron chi connectivity index (χ4n) is 3.04. The summed E-state index contributed by atoms with van der Waals surface area (Å²) in [4.78, 5) is 24.5. The molecule has 0 aromatic heterocycles. The van der Waals surface area contributed by atoms with Crippen LogP contribution in [-0.4, -0.2) is 16.9 Å². The maximum absolute atomic E-state index is 12.9. The Hall–Kier alpha value is -3.15. The molecule has 0 heterocycles. The number of carbonyl (C=O) groups excluding carboxylic acids is 1. The lowest BCUT2D eigenvalue weighted by atomic mass is 9.98. The smallest absolute Gasteiger partial charge is 0.416 e. The van der Waals surface area contributed by atoms with E-state index in [9.17, 15) is 27.9 Å². The van der Waals surface area contributed by atoms with Gasteiger partial charge in [-0.1, -0.05) is 42.5 Å². The molecule has 0 aliphatic heterocycles. The van der Waals surface area contributed by atoms with Gasteiger partial charge in [0.25, 0.3) is 0 Å². The van der Waals surface area contributed by atoms with Crippen LogP contribution in [0.1, 0.15) is 37.4 Å². The Morgan fingerprint density at radius 3 is 1.88 bits per heavy atom. The number of rotatable bonds is 3. The van der Waals surface area contributed by atoms with Crippen molar-refractivity contribution in [2.45, 2.75) is 13.1 Å². The van der Waals surface area contributed by atoms with Crippen molar-refractivity contribution in [3.05, 3.63) is 82.4 Å². The predicted octanol–water partition coefficient (Wildman–Crippen LogP) is 5.05. The summed E-state index contributed by atoms with van der Waals surface area (Å²) < 4.78 is 38.1. The third-order valence-corrected chi connectivity index (χ3v) is 4.24. The van der Waals surface area contributed by atoms with Gasteiger partial charge in [-0.05, 0) is 35.7 Å². The molecule has 6 heteroatoms. The van der Waals surface area contributed by atoms with Crippen LogP contribution in [0.25, 0.3) is 11.1 Å². The van der Waals surface area contributed by atoms with Crippen molar-refractivity contribution in [3.8, 4) is 11.1 Å². The second-order valence-corrected chi connectivity index (χ2v) is 5.82. The topological polar surface area (TPSA) is 54.4 Å². The van der Waals surface area contributed by atoms with E-state index < -0.39 is 23.5 Å². The first-order valence-corrected chi connectivity index (χ1v) is 7.68. The molecule has 1 aromatic rings. The number of fused-ring (bicyclic) bond motifs is 1. The Balaban J connectivity index is 2.16. The van der Waals surface area contributed by atoms with Gasteiger partial charge in [0.1, 0.15) is 0 Å². The average Bonchev–Trinajstić information content (AvgIpc) is 2.71. The first kappa shape index (κ1) is 17.7. The van der Waals surface area contributed by atoms with E-state index >= 15 is 0 Å². The molecule has 3 nitrogen and oxygen atoms in total. The highest BCUT2D eigenvalue weighted by atomic mass is 19.4. The summed E-state index contributed by atoms with van der Waals surface area (Å²) >= 11 is 0. The molecule has 0 saturated heterocycles. The number of carbonyl (C=O) groups is 2. The third kappa shape index (κ3) is 2.94. The molecule has 132 valence electrons. The zero-order valence-corrected chi connectivity index (χ0v) is 13.6. The summed E-state index contributed by atoms with van der Waals surface area (Å²) in [5, 5.41) is 9.50. The highest BCUT2D eigenvalue weighted by Crippen LogP contribution is 2.37. The summed E-state index contributed by atoms with van der Waals surface area (Å²) in [6.07, 6.45) is -4.49. The standard InChI is InChI=1S/C20H13F3O3/c1-11-16(14-5-3-2-4-6-15(14)17(11)19(25)26)18(24)12-7-9-13(10-8-12)20(21,22)23/h2-10H,1H3,(H,25,26). The summed E-state index contributed by atoms with van der Waals surface area (Å²) in [6.45, 7) is 1.53. The second kappa shape index (κ2) is 6.29. The molecule has 0 amide bonds. The van der Waals surface area contributed by atoms with Crippen molar-refractivity contribution < 1.29 is 27.9 Å². The zero-order valence-electron chi connectivity index (χ0n) is 13.6. The minimum atomic E-state index is -4.49. The van der Waals surface area contributed by atoms with Crippen LogP contribution < -0.4 is 0 Å². The van der Waals surface area contributed by atoms with Crippen molar-refractivity contribution in [2.75, 3.05) is 0 Å². The van der Waals surface area contributed by atoms with Gasteiger partial charge in [-0.15, -0.1) is 0 Å². The summed E-state index contributed by atoms with van der Waals surface area (Å²) in [5.74, 6) is -1.68. The van der Waals surface area contributed by atoms with Crippen LogP contribution in [0.4, 0.5) is 13.2 Å². The van der Waals surface area contributed by atoms with E-state index in [0.717, 1.165) is 24.3 Å². The number of alkyl halides is 3. The Kier molecular flexibility index (Phi) is 4.28. The quantitative estimate of drug-likeness (QED) is 0.667. The van der Waals surface area contributed by atoms with Crippen LogP contribution in [0.5, 0.6) is 0 Å². The van der Waals surface area contributed by atoms with Crippen LogP contribution in [0.15, 0.2) is 54.6 Å². The number of halogens is 3. The normalized spacial score (nSPS) is 11.5. The van der Waals surface area contributed by atoms with Gasteiger partial charge in [-0.2, -0.15) is 13.2 Å². The molecule has 0 saturated carbocycles. The number of carboxylic acids is 1. The van der Waals surface area contributed by atoms with E-state index in [1.807, 2.05) is 0 Å². The summed E-state index contributed by atoms with van der Waals surface area (Å²) in [6, 6.07) is 12.2. The van der Waals surface area contributed by atoms with E-state index in [-0.39, 0.29) is 16.7 Å². The van der Waals surface area contributed by atoms with E-state index in [2.05, 4.69) is 0 Å². The molecule has 1 N–H and O–H groups in total. The van der Waals surface area contributed by atoms with Crippen LogP contribution in [0.3, 0.4) is 0 Å². The SMILES string of the molecule is Cc1c(C(=O)O)c2cccccc-2c1C(=O)c1ccc(C(F)(F)F)cc1. The summed E-state index contributed by atoms with van der Waals surface area (Å²) in [5.41, 5.74) is 0.584. The van der Waals surface area contributed by atoms with Gasteiger partial charge < -0.3 is 5.11 Å². The van der Waals surface area contributed by atoms with E-state index in [4.69, 9.17) is 0 Å². The highest BCUT2D eigenvalue weighted by molar-refractivity contribution is 6.18. The van der Waals surface area contributed by atoms with Crippen LogP contribution >= 0.6 is 0 Å². The molecule has 0 atom stereocenters. The van der Waals surface area contributed by atoms with Crippen molar-refractivity contribution in [2.24, 2.45) is 0 Å². The van der Waals surface area contributed by atoms with Crippen LogP contribution in [0, 0.1) is 6.92 Å². The van der Waals surface area contributed by atoms with E-state index in [0.29, 0.717) is 16.7 Å². The van der Waals surface area contributed by atoms with Gasteiger partial charge in [0, 0.05) is 11.1 Å². The predicted molar refractivity (Wildman–Crippen MR) is 89.6 cm³/mol. The third-order valence-electron chi connectivity index (χ3n) is 4.24. The Bertz CT molecular complexity index is 973. The minimum absolute atomic E-state index is 0.0199.